The molecule has 0 bridgehead atoms. The van der Waals surface area contributed by atoms with Gasteiger partial charge in [-0.25, -0.2) is 0 Å². The number of ether oxygens (including phenoxy) is 1. The zero-order valence-corrected chi connectivity index (χ0v) is 14.4. The second kappa shape index (κ2) is 13.1. The Bertz CT molecular complexity index is 232. The van der Waals surface area contributed by atoms with E-state index in [1.165, 1.54) is 0 Å². The Hall–Kier alpha value is -0.300. The van der Waals surface area contributed by atoms with Crippen LogP contribution in [0.4, 0.5) is 0 Å². The molecule has 0 amide bonds. The second-order valence-electron chi connectivity index (χ2n) is 4.20. The Morgan fingerprint density at radius 1 is 1.39 bits per heavy atom. The van der Waals surface area contributed by atoms with E-state index in [0.29, 0.717) is 12.0 Å². The van der Waals surface area contributed by atoms with Crippen molar-refractivity contribution in [2.24, 2.45) is 10.9 Å². The summed E-state index contributed by atoms with van der Waals surface area (Å²) >= 11 is 0. The molecule has 4 nitrogen and oxygen atoms in total. The zero-order chi connectivity index (χ0) is 13.1. The molecule has 0 rings (SSSR count). The lowest BCUT2D eigenvalue weighted by molar-refractivity contribution is 0.0258. The molecule has 1 unspecified atom stereocenters. The number of hydrogen-bond donors (Lipinski definition) is 2. The van der Waals surface area contributed by atoms with E-state index in [0.717, 1.165) is 32.1 Å². The third-order valence-corrected chi connectivity index (χ3v) is 2.48. The minimum Gasteiger partial charge on any atom is -0.378 e. The fraction of sp³-hybridized carbons (Fsp3) is 0.769. The molecule has 5 heteroatoms. The van der Waals surface area contributed by atoms with Gasteiger partial charge in [0, 0.05) is 26.7 Å². The number of halogens is 1. The molecular weight excluding hydrogens is 341 g/mol. The first-order chi connectivity index (χ1) is 8.15. The Labute approximate surface area is 129 Å². The summed E-state index contributed by atoms with van der Waals surface area (Å²) in [6, 6.07) is 0. The van der Waals surface area contributed by atoms with E-state index < -0.39 is 0 Å². The Morgan fingerprint density at radius 2 is 2.06 bits per heavy atom. The van der Waals surface area contributed by atoms with E-state index in [9.17, 15) is 0 Å². The quantitative estimate of drug-likeness (QED) is 0.299. The lowest BCUT2D eigenvalue weighted by Crippen LogP contribution is -2.39. The normalized spacial score (nSPS) is 12.8. The van der Waals surface area contributed by atoms with Gasteiger partial charge in [-0.1, -0.05) is 19.9 Å². The summed E-state index contributed by atoms with van der Waals surface area (Å²) in [5.74, 6) is 1.35. The predicted molar refractivity (Wildman–Crippen MR) is 89.8 cm³/mol. The Kier molecular flexibility index (Phi) is 14.6. The third kappa shape index (κ3) is 9.70. The van der Waals surface area contributed by atoms with Crippen LogP contribution >= 0.6 is 24.0 Å². The maximum absolute atomic E-state index is 5.68. The first kappa shape index (κ1) is 20.0. The molecule has 0 radical (unpaired) electrons. The van der Waals surface area contributed by atoms with Gasteiger partial charge in [-0.15, -0.1) is 30.6 Å². The van der Waals surface area contributed by atoms with E-state index in [-0.39, 0.29) is 24.0 Å². The van der Waals surface area contributed by atoms with Crippen LogP contribution in [0.5, 0.6) is 0 Å². The van der Waals surface area contributed by atoms with Gasteiger partial charge < -0.3 is 15.4 Å². The summed E-state index contributed by atoms with van der Waals surface area (Å²) in [4.78, 5) is 4.12. The smallest absolute Gasteiger partial charge is 0.191 e. The molecular formula is C13H28IN3O. The predicted octanol–water partition coefficient (Wildman–Crippen LogP) is 2.41. The zero-order valence-electron chi connectivity index (χ0n) is 12.0. The number of nitrogens with one attached hydrogen (secondary N) is 2. The number of rotatable bonds is 8. The van der Waals surface area contributed by atoms with Crippen molar-refractivity contribution in [3.8, 4) is 0 Å². The average Bonchev–Trinajstić information content (AvgIpc) is 2.31. The topological polar surface area (TPSA) is 45.7 Å². The second-order valence-corrected chi connectivity index (χ2v) is 4.20. The van der Waals surface area contributed by atoms with Crippen molar-refractivity contribution >= 4 is 29.9 Å². The molecule has 0 saturated heterocycles. The van der Waals surface area contributed by atoms with Crippen molar-refractivity contribution < 1.29 is 4.74 Å². The summed E-state index contributed by atoms with van der Waals surface area (Å²) in [5, 5.41) is 6.39. The molecule has 18 heavy (non-hydrogen) atoms. The molecule has 0 heterocycles. The van der Waals surface area contributed by atoms with Gasteiger partial charge in [-0.2, -0.15) is 0 Å². The van der Waals surface area contributed by atoms with Crippen LogP contribution in [-0.2, 0) is 4.74 Å². The van der Waals surface area contributed by atoms with Crippen molar-refractivity contribution in [3.63, 3.8) is 0 Å². The Balaban J connectivity index is 0. The van der Waals surface area contributed by atoms with Crippen LogP contribution in [0, 0.1) is 5.92 Å². The van der Waals surface area contributed by atoms with Gasteiger partial charge in [0.05, 0.1) is 6.10 Å². The number of hydrogen-bond acceptors (Lipinski definition) is 2. The Morgan fingerprint density at radius 3 is 2.50 bits per heavy atom. The van der Waals surface area contributed by atoms with Gasteiger partial charge in [-0.3, -0.25) is 4.99 Å². The molecule has 0 spiro atoms. The van der Waals surface area contributed by atoms with Crippen molar-refractivity contribution in [2.75, 3.05) is 26.7 Å². The SMILES string of the molecule is C=CCNC(=NC)NCCC(OCC)C(C)C.I. The average molecular weight is 369 g/mol. The van der Waals surface area contributed by atoms with Crippen LogP contribution in [0.1, 0.15) is 27.2 Å². The van der Waals surface area contributed by atoms with Crippen molar-refractivity contribution in [2.45, 2.75) is 33.3 Å². The van der Waals surface area contributed by atoms with Crippen LogP contribution in [-0.4, -0.2) is 38.8 Å². The van der Waals surface area contributed by atoms with Gasteiger partial charge in [0.1, 0.15) is 0 Å². The molecule has 108 valence electrons. The number of guanidine groups is 1. The van der Waals surface area contributed by atoms with E-state index in [1.807, 2.05) is 13.0 Å². The highest BCUT2D eigenvalue weighted by molar-refractivity contribution is 14.0. The van der Waals surface area contributed by atoms with Crippen molar-refractivity contribution in [1.82, 2.24) is 10.6 Å². The highest BCUT2D eigenvalue weighted by atomic mass is 127. The van der Waals surface area contributed by atoms with Gasteiger partial charge in [0.15, 0.2) is 5.96 Å². The van der Waals surface area contributed by atoms with Crippen molar-refractivity contribution in [1.29, 1.82) is 0 Å². The molecule has 0 aliphatic heterocycles. The van der Waals surface area contributed by atoms with E-state index >= 15 is 0 Å². The van der Waals surface area contributed by atoms with Gasteiger partial charge in [-0.05, 0) is 19.3 Å². The minimum atomic E-state index is 0. The number of aliphatic imine (C=N–C) groups is 1. The molecule has 0 aromatic carbocycles. The molecule has 0 aromatic rings. The first-order valence-electron chi connectivity index (χ1n) is 6.32. The van der Waals surface area contributed by atoms with Crippen LogP contribution in [0.15, 0.2) is 17.6 Å². The van der Waals surface area contributed by atoms with Gasteiger partial charge >= 0.3 is 0 Å². The van der Waals surface area contributed by atoms with Crippen molar-refractivity contribution in [3.05, 3.63) is 12.7 Å². The molecule has 1 atom stereocenters. The summed E-state index contributed by atoms with van der Waals surface area (Å²) in [7, 11) is 1.76. The van der Waals surface area contributed by atoms with Gasteiger partial charge in [0.2, 0.25) is 0 Å². The monoisotopic (exact) mass is 369 g/mol. The maximum Gasteiger partial charge on any atom is 0.191 e. The number of nitrogens with zero attached hydrogens (tertiary/aromatic N) is 1. The van der Waals surface area contributed by atoms with Crippen LogP contribution < -0.4 is 10.6 Å². The lowest BCUT2D eigenvalue weighted by Gasteiger charge is -2.21. The van der Waals surface area contributed by atoms with E-state index in [4.69, 9.17) is 4.74 Å². The van der Waals surface area contributed by atoms with Crippen LogP contribution in [0.3, 0.4) is 0 Å². The highest BCUT2D eigenvalue weighted by Gasteiger charge is 2.12. The molecule has 0 aliphatic rings. The molecule has 0 fully saturated rings. The van der Waals surface area contributed by atoms with Crippen LogP contribution in [0.25, 0.3) is 0 Å². The summed E-state index contributed by atoms with van der Waals surface area (Å²) < 4.78 is 5.68. The fourth-order valence-corrected chi connectivity index (χ4v) is 1.55. The highest BCUT2D eigenvalue weighted by Crippen LogP contribution is 2.09. The summed E-state index contributed by atoms with van der Waals surface area (Å²) in [6.07, 6.45) is 3.11. The van der Waals surface area contributed by atoms with Gasteiger partial charge in [0.25, 0.3) is 0 Å². The maximum atomic E-state index is 5.68. The molecule has 0 saturated carbocycles. The largest absolute Gasteiger partial charge is 0.378 e. The third-order valence-electron chi connectivity index (χ3n) is 2.48. The standard InChI is InChI=1S/C13H27N3O.HI/c1-6-9-15-13(14-5)16-10-8-12(11(3)4)17-7-2;/h6,11-12H,1,7-10H2,2-5H3,(H2,14,15,16);1H. The summed E-state index contributed by atoms with van der Waals surface area (Å²) in [5.41, 5.74) is 0. The van der Waals surface area contributed by atoms with E-state index in [2.05, 4.69) is 36.1 Å². The summed E-state index contributed by atoms with van der Waals surface area (Å²) in [6.45, 7) is 12.4. The molecule has 2 N–H and O–H groups in total. The fourth-order valence-electron chi connectivity index (χ4n) is 1.55. The molecule has 0 aromatic heterocycles. The van der Waals surface area contributed by atoms with E-state index in [1.54, 1.807) is 7.05 Å². The van der Waals surface area contributed by atoms with Crippen LogP contribution in [0.2, 0.25) is 0 Å². The lowest BCUT2D eigenvalue weighted by atomic mass is 10.0. The molecule has 0 aliphatic carbocycles. The minimum absolute atomic E-state index is 0. The first-order valence-corrected chi connectivity index (χ1v) is 6.32.